The highest BCUT2D eigenvalue weighted by Crippen LogP contribution is 2.19. The summed E-state index contributed by atoms with van der Waals surface area (Å²) in [6.45, 7) is 12.1. The van der Waals surface area contributed by atoms with E-state index in [9.17, 15) is 0 Å². The molecule has 0 aliphatic heterocycles. The normalized spacial score (nSPS) is 11.7. The van der Waals surface area contributed by atoms with Gasteiger partial charge in [-0.1, -0.05) is 46.6 Å². The van der Waals surface area contributed by atoms with E-state index < -0.39 is 5.97 Å². The van der Waals surface area contributed by atoms with Crippen molar-refractivity contribution in [2.45, 2.75) is 65.3 Å². The van der Waals surface area contributed by atoms with Crippen LogP contribution in [0.3, 0.4) is 0 Å². The van der Waals surface area contributed by atoms with Crippen molar-refractivity contribution >= 4 is 0 Å². The van der Waals surface area contributed by atoms with E-state index in [4.69, 9.17) is 14.2 Å². The molecule has 0 aromatic carbocycles. The average molecular weight is 258 g/mol. The molecule has 0 heterocycles. The lowest BCUT2D eigenvalue weighted by atomic mass is 10.3. The quantitative estimate of drug-likeness (QED) is 0.280. The molecule has 0 N–H and O–H groups in total. The van der Waals surface area contributed by atoms with Crippen LogP contribution >= 0.6 is 0 Å². The van der Waals surface area contributed by atoms with Crippen LogP contribution in [-0.2, 0) is 14.2 Å². The van der Waals surface area contributed by atoms with Gasteiger partial charge in [-0.3, -0.25) is 0 Å². The fourth-order valence-electron chi connectivity index (χ4n) is 1.38. The van der Waals surface area contributed by atoms with E-state index in [0.29, 0.717) is 19.8 Å². The summed E-state index contributed by atoms with van der Waals surface area (Å²) in [4.78, 5) is 0. The topological polar surface area (TPSA) is 27.7 Å². The van der Waals surface area contributed by atoms with Gasteiger partial charge in [-0.2, -0.15) is 0 Å². The van der Waals surface area contributed by atoms with Crippen LogP contribution in [0.4, 0.5) is 0 Å². The number of ether oxygens (including phenoxy) is 3. The first-order chi connectivity index (χ1) is 8.74. The summed E-state index contributed by atoms with van der Waals surface area (Å²) in [6.07, 6.45) is 7.93. The summed E-state index contributed by atoms with van der Waals surface area (Å²) in [5, 5.41) is 0. The van der Waals surface area contributed by atoms with E-state index in [-0.39, 0.29) is 0 Å². The molecule has 0 aromatic heterocycles. The van der Waals surface area contributed by atoms with Gasteiger partial charge in [0.2, 0.25) is 0 Å². The average Bonchev–Trinajstić information content (AvgIpc) is 2.39. The molecule has 0 fully saturated rings. The zero-order valence-electron chi connectivity index (χ0n) is 12.4. The van der Waals surface area contributed by atoms with Crippen LogP contribution in [0.1, 0.15) is 59.3 Å². The zero-order valence-corrected chi connectivity index (χ0v) is 12.4. The highest BCUT2D eigenvalue weighted by atomic mass is 16.9. The van der Waals surface area contributed by atoms with E-state index in [1.165, 1.54) is 0 Å². The monoisotopic (exact) mass is 258 g/mol. The molecule has 0 spiro atoms. The molecule has 0 bridgehead atoms. The van der Waals surface area contributed by atoms with Crippen LogP contribution in [0.25, 0.3) is 0 Å². The van der Waals surface area contributed by atoms with Crippen molar-refractivity contribution in [1.82, 2.24) is 0 Å². The number of rotatable bonds is 13. The molecular formula is C15H30O3. The highest BCUT2D eigenvalue weighted by Gasteiger charge is 2.29. The summed E-state index contributed by atoms with van der Waals surface area (Å²) in [5.74, 6) is -1.04. The Morgan fingerprint density at radius 2 is 1.11 bits per heavy atom. The Kier molecular flexibility index (Phi) is 11.4. The van der Waals surface area contributed by atoms with Crippen LogP contribution < -0.4 is 0 Å². The summed E-state index contributed by atoms with van der Waals surface area (Å²) >= 11 is 0. The lowest BCUT2D eigenvalue weighted by molar-refractivity contribution is -0.350. The van der Waals surface area contributed by atoms with Crippen molar-refractivity contribution in [2.75, 3.05) is 19.8 Å². The summed E-state index contributed by atoms with van der Waals surface area (Å²) < 4.78 is 17.2. The zero-order chi connectivity index (χ0) is 13.7. The van der Waals surface area contributed by atoms with Crippen molar-refractivity contribution in [3.63, 3.8) is 0 Å². The van der Waals surface area contributed by atoms with Gasteiger partial charge in [-0.25, -0.2) is 0 Å². The summed E-state index contributed by atoms with van der Waals surface area (Å²) in [7, 11) is 0. The van der Waals surface area contributed by atoms with Crippen molar-refractivity contribution < 1.29 is 14.2 Å². The third kappa shape index (κ3) is 7.85. The second-order valence-electron chi connectivity index (χ2n) is 4.41. The van der Waals surface area contributed by atoms with Gasteiger partial charge in [-0.05, 0) is 25.3 Å². The Hall–Kier alpha value is -0.380. The van der Waals surface area contributed by atoms with E-state index in [1.807, 2.05) is 0 Å². The summed E-state index contributed by atoms with van der Waals surface area (Å²) in [5.41, 5.74) is 0. The third-order valence-electron chi connectivity index (χ3n) is 2.65. The van der Waals surface area contributed by atoms with Gasteiger partial charge < -0.3 is 14.2 Å². The SMILES string of the molecule is C=CC(OCCCC)(OCCCC)OCCCC. The standard InChI is InChI=1S/C15H30O3/c1-5-9-12-16-15(8-4,17-13-10-6-2)18-14-11-7-3/h8H,4-7,9-14H2,1-3H3. The molecule has 0 aromatic rings. The van der Waals surface area contributed by atoms with Gasteiger partial charge >= 0.3 is 5.97 Å². The van der Waals surface area contributed by atoms with Gasteiger partial charge in [0.25, 0.3) is 0 Å². The van der Waals surface area contributed by atoms with Crippen molar-refractivity contribution in [3.8, 4) is 0 Å². The third-order valence-corrected chi connectivity index (χ3v) is 2.65. The van der Waals surface area contributed by atoms with Crippen molar-refractivity contribution in [2.24, 2.45) is 0 Å². The van der Waals surface area contributed by atoms with Gasteiger partial charge in [0.15, 0.2) is 0 Å². The molecule has 0 amide bonds. The molecule has 0 radical (unpaired) electrons. The van der Waals surface area contributed by atoms with Crippen LogP contribution in [0, 0.1) is 0 Å². The van der Waals surface area contributed by atoms with Crippen LogP contribution in [0.5, 0.6) is 0 Å². The maximum atomic E-state index is 5.75. The molecule has 18 heavy (non-hydrogen) atoms. The number of unbranched alkanes of at least 4 members (excludes halogenated alkanes) is 3. The largest absolute Gasteiger partial charge is 0.324 e. The molecule has 0 rings (SSSR count). The molecule has 0 atom stereocenters. The summed E-state index contributed by atoms with van der Waals surface area (Å²) in [6, 6.07) is 0. The lowest BCUT2D eigenvalue weighted by Gasteiger charge is -2.30. The molecule has 0 unspecified atom stereocenters. The van der Waals surface area contributed by atoms with Crippen molar-refractivity contribution in [1.29, 1.82) is 0 Å². The highest BCUT2D eigenvalue weighted by molar-refractivity contribution is 4.82. The van der Waals surface area contributed by atoms with Crippen LogP contribution in [0.2, 0.25) is 0 Å². The lowest BCUT2D eigenvalue weighted by Crippen LogP contribution is -2.38. The first-order valence-corrected chi connectivity index (χ1v) is 7.30. The molecular weight excluding hydrogens is 228 g/mol. The Morgan fingerprint density at radius 3 is 1.33 bits per heavy atom. The van der Waals surface area contributed by atoms with Gasteiger partial charge in [0.05, 0.1) is 19.8 Å². The minimum absolute atomic E-state index is 0.640. The number of hydrogen-bond acceptors (Lipinski definition) is 3. The second kappa shape index (κ2) is 11.7. The molecule has 0 aliphatic carbocycles. The fraction of sp³-hybridized carbons (Fsp3) is 0.867. The molecule has 0 saturated heterocycles. The van der Waals surface area contributed by atoms with E-state index in [0.717, 1.165) is 38.5 Å². The van der Waals surface area contributed by atoms with Gasteiger partial charge in [-0.15, -0.1) is 0 Å². The van der Waals surface area contributed by atoms with Crippen LogP contribution in [-0.4, -0.2) is 25.8 Å². The maximum absolute atomic E-state index is 5.75. The van der Waals surface area contributed by atoms with E-state index in [2.05, 4.69) is 27.4 Å². The van der Waals surface area contributed by atoms with Crippen molar-refractivity contribution in [3.05, 3.63) is 12.7 Å². The molecule has 108 valence electrons. The molecule has 0 saturated carbocycles. The minimum atomic E-state index is -1.04. The smallest absolute Gasteiger partial charge is 0.304 e. The predicted molar refractivity (Wildman–Crippen MR) is 75.5 cm³/mol. The first kappa shape index (κ1) is 17.6. The van der Waals surface area contributed by atoms with Gasteiger partial charge in [0, 0.05) is 0 Å². The maximum Gasteiger partial charge on any atom is 0.304 e. The Bertz CT molecular complexity index is 166. The predicted octanol–water partition coefficient (Wildman–Crippen LogP) is 4.28. The molecule has 0 aliphatic rings. The van der Waals surface area contributed by atoms with Crippen LogP contribution in [0.15, 0.2) is 12.7 Å². The van der Waals surface area contributed by atoms with E-state index in [1.54, 1.807) is 6.08 Å². The Morgan fingerprint density at radius 1 is 0.778 bits per heavy atom. The first-order valence-electron chi connectivity index (χ1n) is 7.30. The minimum Gasteiger partial charge on any atom is -0.324 e. The second-order valence-corrected chi connectivity index (χ2v) is 4.41. The van der Waals surface area contributed by atoms with Gasteiger partial charge in [0.1, 0.15) is 0 Å². The Balaban J connectivity index is 4.25. The van der Waals surface area contributed by atoms with E-state index >= 15 is 0 Å². The fourth-order valence-corrected chi connectivity index (χ4v) is 1.38. The molecule has 3 nitrogen and oxygen atoms in total. The number of hydrogen-bond donors (Lipinski definition) is 0. The molecule has 3 heteroatoms. The Labute approximate surface area is 112 Å².